The van der Waals surface area contributed by atoms with Gasteiger partial charge in [-0.3, -0.25) is 0 Å². The average Bonchev–Trinajstić information content (AvgIpc) is 2.69. The lowest BCUT2D eigenvalue weighted by Crippen LogP contribution is -2.34. The summed E-state index contributed by atoms with van der Waals surface area (Å²) in [7, 11) is -3.45. The van der Waals surface area contributed by atoms with Crippen molar-refractivity contribution in [2.45, 2.75) is 37.8 Å². The summed E-state index contributed by atoms with van der Waals surface area (Å²) in [6, 6.07) is 4.76. The third kappa shape index (κ3) is 2.79. The zero-order valence-corrected chi connectivity index (χ0v) is 12.7. The molecule has 2 unspecified atom stereocenters. The molecule has 1 aliphatic heterocycles. The Morgan fingerprint density at radius 2 is 2.11 bits per heavy atom. The van der Waals surface area contributed by atoms with Crippen LogP contribution in [0.25, 0.3) is 0 Å². The maximum atomic E-state index is 12.6. The molecule has 2 rings (SSSR count). The molecule has 0 bridgehead atoms. The van der Waals surface area contributed by atoms with Gasteiger partial charge < -0.3 is 5.73 Å². The largest absolute Gasteiger partial charge is 0.326 e. The van der Waals surface area contributed by atoms with Gasteiger partial charge in [-0.05, 0) is 43.0 Å². The Bertz CT molecular complexity index is 574. The fraction of sp³-hybridized carbons (Fsp3) is 0.538. The molecule has 2 N–H and O–H groups in total. The third-order valence-electron chi connectivity index (χ3n) is 3.57. The van der Waals surface area contributed by atoms with Crippen LogP contribution in [0, 0.1) is 5.92 Å². The van der Waals surface area contributed by atoms with Crippen molar-refractivity contribution in [2.75, 3.05) is 6.54 Å². The molecule has 1 aliphatic rings. The van der Waals surface area contributed by atoms with Gasteiger partial charge in [0.25, 0.3) is 0 Å². The molecule has 4 nitrogen and oxygen atoms in total. The fourth-order valence-electron chi connectivity index (χ4n) is 2.60. The maximum Gasteiger partial charge on any atom is 0.243 e. The first-order valence-corrected chi connectivity index (χ1v) is 8.18. The molecule has 1 saturated heterocycles. The highest BCUT2D eigenvalue weighted by molar-refractivity contribution is 7.89. The topological polar surface area (TPSA) is 63.4 Å². The molecular weight excluding hydrogens is 284 g/mol. The van der Waals surface area contributed by atoms with Gasteiger partial charge in [-0.15, -0.1) is 0 Å². The molecule has 0 aliphatic carbocycles. The summed E-state index contributed by atoms with van der Waals surface area (Å²) in [5.41, 5.74) is 6.23. The van der Waals surface area contributed by atoms with Crippen LogP contribution in [-0.2, 0) is 16.6 Å². The highest BCUT2D eigenvalue weighted by Gasteiger charge is 2.36. The van der Waals surface area contributed by atoms with Crippen LogP contribution < -0.4 is 5.73 Å². The van der Waals surface area contributed by atoms with E-state index in [1.54, 1.807) is 22.5 Å². The molecule has 1 heterocycles. The normalized spacial score (nSPS) is 24.8. The Hall–Kier alpha value is -0.620. The Morgan fingerprint density at radius 1 is 1.42 bits per heavy atom. The highest BCUT2D eigenvalue weighted by Crippen LogP contribution is 2.30. The molecule has 1 aromatic carbocycles. The number of hydrogen-bond donors (Lipinski definition) is 1. The molecule has 0 aromatic heterocycles. The summed E-state index contributed by atoms with van der Waals surface area (Å²) >= 11 is 5.97. The van der Waals surface area contributed by atoms with Gasteiger partial charge >= 0.3 is 0 Å². The Morgan fingerprint density at radius 3 is 2.63 bits per heavy atom. The summed E-state index contributed by atoms with van der Waals surface area (Å²) in [6.45, 7) is 4.82. The van der Waals surface area contributed by atoms with Crippen LogP contribution >= 0.6 is 11.6 Å². The summed E-state index contributed by atoms with van der Waals surface area (Å²) in [4.78, 5) is 0.276. The Kier molecular flexibility index (Phi) is 4.20. The maximum absolute atomic E-state index is 12.6. The van der Waals surface area contributed by atoms with E-state index in [2.05, 4.69) is 6.92 Å². The molecule has 0 spiro atoms. The van der Waals surface area contributed by atoms with Gasteiger partial charge in [-0.1, -0.05) is 18.5 Å². The van der Waals surface area contributed by atoms with Crippen LogP contribution in [0.15, 0.2) is 23.1 Å². The number of halogens is 1. The average molecular weight is 303 g/mol. The van der Waals surface area contributed by atoms with Crippen LogP contribution in [0.4, 0.5) is 0 Å². The van der Waals surface area contributed by atoms with Gasteiger partial charge in [0.1, 0.15) is 0 Å². The second kappa shape index (κ2) is 5.40. The predicted molar refractivity (Wildman–Crippen MR) is 76.5 cm³/mol. The first-order valence-electron chi connectivity index (χ1n) is 6.36. The summed E-state index contributed by atoms with van der Waals surface area (Å²) in [5, 5.41) is 0.504. The van der Waals surface area contributed by atoms with Gasteiger partial charge in [0, 0.05) is 24.2 Å². The predicted octanol–water partition coefficient (Wildman–Crippen LogP) is 2.22. The first kappa shape index (κ1) is 14.8. The molecule has 106 valence electrons. The van der Waals surface area contributed by atoms with Crippen LogP contribution in [0.3, 0.4) is 0 Å². The van der Waals surface area contributed by atoms with Crippen LogP contribution in [0.2, 0.25) is 5.02 Å². The SMILES string of the molecule is CC1CC(C)N(S(=O)(=O)c2ccc(Cl)c(CN)c2)C1. The minimum atomic E-state index is -3.45. The number of nitrogens with two attached hydrogens (primary N) is 1. The zero-order chi connectivity index (χ0) is 14.2. The van der Waals surface area contributed by atoms with E-state index in [0.29, 0.717) is 23.0 Å². The van der Waals surface area contributed by atoms with Gasteiger partial charge in [-0.2, -0.15) is 4.31 Å². The number of nitrogens with zero attached hydrogens (tertiary/aromatic N) is 1. The molecule has 2 atom stereocenters. The quantitative estimate of drug-likeness (QED) is 0.931. The fourth-order valence-corrected chi connectivity index (χ4v) is 4.61. The van der Waals surface area contributed by atoms with Crippen molar-refractivity contribution < 1.29 is 8.42 Å². The molecule has 0 saturated carbocycles. The van der Waals surface area contributed by atoms with Crippen molar-refractivity contribution in [3.8, 4) is 0 Å². The third-order valence-corrected chi connectivity index (χ3v) is 5.92. The Labute approximate surface area is 119 Å². The molecular formula is C13H19ClN2O2S. The van der Waals surface area contributed by atoms with Gasteiger partial charge in [0.15, 0.2) is 0 Å². The summed E-state index contributed by atoms with van der Waals surface area (Å²) < 4.78 is 26.8. The van der Waals surface area contributed by atoms with Crippen LogP contribution in [-0.4, -0.2) is 25.3 Å². The van der Waals surface area contributed by atoms with E-state index in [-0.39, 0.29) is 17.5 Å². The molecule has 0 radical (unpaired) electrons. The summed E-state index contributed by atoms with van der Waals surface area (Å²) in [6.07, 6.45) is 0.899. The summed E-state index contributed by atoms with van der Waals surface area (Å²) in [5.74, 6) is 0.394. The van der Waals surface area contributed by atoms with E-state index in [1.165, 1.54) is 0 Å². The second-order valence-electron chi connectivity index (χ2n) is 5.22. The highest BCUT2D eigenvalue weighted by atomic mass is 35.5. The smallest absolute Gasteiger partial charge is 0.243 e. The molecule has 19 heavy (non-hydrogen) atoms. The van der Waals surface area contributed by atoms with E-state index < -0.39 is 10.0 Å². The molecule has 1 fully saturated rings. The van der Waals surface area contributed by atoms with Gasteiger partial charge in [-0.25, -0.2) is 8.42 Å². The van der Waals surface area contributed by atoms with Crippen molar-refractivity contribution in [1.29, 1.82) is 0 Å². The van der Waals surface area contributed by atoms with Crippen molar-refractivity contribution in [2.24, 2.45) is 11.7 Å². The molecule has 6 heteroatoms. The lowest BCUT2D eigenvalue weighted by molar-refractivity contribution is 0.405. The lowest BCUT2D eigenvalue weighted by Gasteiger charge is -2.21. The lowest BCUT2D eigenvalue weighted by atomic mass is 10.1. The van der Waals surface area contributed by atoms with E-state index in [4.69, 9.17) is 17.3 Å². The van der Waals surface area contributed by atoms with Crippen molar-refractivity contribution in [1.82, 2.24) is 4.31 Å². The van der Waals surface area contributed by atoms with Crippen LogP contribution in [0.1, 0.15) is 25.8 Å². The van der Waals surface area contributed by atoms with Gasteiger partial charge in [0.05, 0.1) is 4.90 Å². The van der Waals surface area contributed by atoms with E-state index in [0.717, 1.165) is 6.42 Å². The first-order chi connectivity index (χ1) is 8.86. The van der Waals surface area contributed by atoms with Crippen molar-refractivity contribution in [3.05, 3.63) is 28.8 Å². The second-order valence-corrected chi connectivity index (χ2v) is 7.52. The van der Waals surface area contributed by atoms with E-state index in [9.17, 15) is 8.42 Å². The van der Waals surface area contributed by atoms with Crippen molar-refractivity contribution >= 4 is 21.6 Å². The van der Waals surface area contributed by atoms with E-state index >= 15 is 0 Å². The zero-order valence-electron chi connectivity index (χ0n) is 11.1. The molecule has 0 amide bonds. The number of rotatable bonds is 3. The minimum Gasteiger partial charge on any atom is -0.326 e. The monoisotopic (exact) mass is 302 g/mol. The standard InChI is InChI=1S/C13H19ClN2O2S/c1-9-5-10(2)16(8-9)19(17,18)12-3-4-13(14)11(6-12)7-15/h3-4,6,9-10H,5,7-8,15H2,1-2H3. The van der Waals surface area contributed by atoms with Crippen LogP contribution in [0.5, 0.6) is 0 Å². The van der Waals surface area contributed by atoms with Gasteiger partial charge in [0.2, 0.25) is 10.0 Å². The Balaban J connectivity index is 2.40. The number of benzene rings is 1. The van der Waals surface area contributed by atoms with Crippen molar-refractivity contribution in [3.63, 3.8) is 0 Å². The number of hydrogen-bond acceptors (Lipinski definition) is 3. The number of sulfonamides is 1. The van der Waals surface area contributed by atoms with E-state index in [1.807, 2.05) is 6.92 Å². The minimum absolute atomic E-state index is 0.0389. The molecule has 1 aromatic rings.